The van der Waals surface area contributed by atoms with Gasteiger partial charge in [0.05, 0.1) is 12.1 Å². The average Bonchev–Trinajstić information content (AvgIpc) is 2.99. The molecule has 2 aromatic rings. The van der Waals surface area contributed by atoms with E-state index in [0.717, 1.165) is 12.8 Å². The number of amides is 1. The lowest BCUT2D eigenvalue weighted by Gasteiger charge is -2.26. The van der Waals surface area contributed by atoms with Crippen molar-refractivity contribution in [1.29, 1.82) is 0 Å². The standard InChI is InChI=1S/C23H26N2O4/c1-24(16-21(26)27)18-10-7-14-25(15-13-18)23(29)20-12-6-5-11-19(20)22(28)17-8-3-2-4-9-17/h2-6,8-9,11-12,18H,7,10,13-16H2,1H3,(H,26,27). The van der Waals surface area contributed by atoms with Gasteiger partial charge in [-0.3, -0.25) is 19.3 Å². The van der Waals surface area contributed by atoms with Gasteiger partial charge in [0.15, 0.2) is 5.78 Å². The summed E-state index contributed by atoms with van der Waals surface area (Å²) in [5.74, 6) is -1.16. The van der Waals surface area contributed by atoms with Gasteiger partial charge in [0, 0.05) is 30.3 Å². The van der Waals surface area contributed by atoms with E-state index in [0.29, 0.717) is 36.2 Å². The summed E-state index contributed by atoms with van der Waals surface area (Å²) in [6.07, 6.45) is 2.36. The van der Waals surface area contributed by atoms with Crippen LogP contribution in [0.3, 0.4) is 0 Å². The van der Waals surface area contributed by atoms with Crippen molar-refractivity contribution in [3.05, 3.63) is 71.3 Å². The first kappa shape index (κ1) is 20.7. The van der Waals surface area contributed by atoms with Crippen molar-refractivity contribution >= 4 is 17.7 Å². The van der Waals surface area contributed by atoms with Gasteiger partial charge in [0.1, 0.15) is 0 Å². The van der Waals surface area contributed by atoms with E-state index >= 15 is 0 Å². The molecular formula is C23H26N2O4. The Labute approximate surface area is 170 Å². The van der Waals surface area contributed by atoms with E-state index in [9.17, 15) is 14.4 Å². The van der Waals surface area contributed by atoms with E-state index in [1.807, 2.05) is 18.0 Å². The molecule has 0 spiro atoms. The number of likely N-dealkylation sites (N-methyl/N-ethyl adjacent to an activating group) is 1. The number of nitrogens with zero attached hydrogens (tertiary/aromatic N) is 2. The van der Waals surface area contributed by atoms with Crippen molar-refractivity contribution < 1.29 is 19.5 Å². The van der Waals surface area contributed by atoms with E-state index in [1.165, 1.54) is 0 Å². The highest BCUT2D eigenvalue weighted by atomic mass is 16.4. The fraction of sp³-hybridized carbons (Fsp3) is 0.348. The van der Waals surface area contributed by atoms with Crippen molar-refractivity contribution in [3.63, 3.8) is 0 Å². The minimum Gasteiger partial charge on any atom is -0.480 e. The first-order valence-corrected chi connectivity index (χ1v) is 9.87. The molecule has 1 fully saturated rings. The van der Waals surface area contributed by atoms with Crippen LogP contribution in [0.4, 0.5) is 0 Å². The SMILES string of the molecule is CN(CC(=O)O)C1CCCN(C(=O)c2ccccc2C(=O)c2ccccc2)CC1. The number of carbonyl (C=O) groups is 3. The molecule has 0 aliphatic carbocycles. The maximum atomic E-state index is 13.2. The number of rotatable bonds is 6. The number of aliphatic carboxylic acids is 1. The van der Waals surface area contributed by atoms with Crippen LogP contribution >= 0.6 is 0 Å². The Hall–Kier alpha value is -2.99. The number of likely N-dealkylation sites (tertiary alicyclic amines) is 1. The summed E-state index contributed by atoms with van der Waals surface area (Å²) < 4.78 is 0. The molecule has 0 radical (unpaired) electrons. The van der Waals surface area contributed by atoms with Crippen molar-refractivity contribution in [2.45, 2.75) is 25.3 Å². The lowest BCUT2D eigenvalue weighted by atomic mass is 9.97. The zero-order chi connectivity index (χ0) is 20.8. The van der Waals surface area contributed by atoms with Gasteiger partial charge in [-0.05, 0) is 32.4 Å². The molecule has 152 valence electrons. The third kappa shape index (κ3) is 5.09. The summed E-state index contributed by atoms with van der Waals surface area (Å²) in [6.45, 7) is 1.14. The Morgan fingerprint density at radius 2 is 1.62 bits per heavy atom. The van der Waals surface area contributed by atoms with E-state index in [1.54, 1.807) is 53.4 Å². The highest BCUT2D eigenvalue weighted by Crippen LogP contribution is 2.21. The molecule has 6 heteroatoms. The molecule has 6 nitrogen and oxygen atoms in total. The Bertz CT molecular complexity index is 881. The van der Waals surface area contributed by atoms with Crippen LogP contribution in [0.15, 0.2) is 54.6 Å². The lowest BCUT2D eigenvalue weighted by Crippen LogP contribution is -2.37. The van der Waals surface area contributed by atoms with Crippen LogP contribution in [0.25, 0.3) is 0 Å². The maximum absolute atomic E-state index is 13.2. The topological polar surface area (TPSA) is 77.9 Å². The number of carbonyl (C=O) groups excluding carboxylic acids is 2. The predicted molar refractivity (Wildman–Crippen MR) is 110 cm³/mol. The van der Waals surface area contributed by atoms with Crippen LogP contribution in [0.1, 0.15) is 45.5 Å². The maximum Gasteiger partial charge on any atom is 0.317 e. The van der Waals surface area contributed by atoms with Crippen molar-refractivity contribution in [2.24, 2.45) is 0 Å². The zero-order valence-corrected chi connectivity index (χ0v) is 16.6. The molecule has 29 heavy (non-hydrogen) atoms. The molecule has 1 heterocycles. The Kier molecular flexibility index (Phi) is 6.77. The molecule has 0 aromatic heterocycles. The molecule has 0 saturated carbocycles. The summed E-state index contributed by atoms with van der Waals surface area (Å²) in [5.41, 5.74) is 1.38. The van der Waals surface area contributed by atoms with Crippen LogP contribution in [0.5, 0.6) is 0 Å². The number of hydrogen-bond acceptors (Lipinski definition) is 4. The Balaban J connectivity index is 1.76. The molecule has 1 unspecified atom stereocenters. The van der Waals surface area contributed by atoms with E-state index in [4.69, 9.17) is 5.11 Å². The Morgan fingerprint density at radius 3 is 2.31 bits per heavy atom. The summed E-state index contributed by atoms with van der Waals surface area (Å²) in [4.78, 5) is 40.8. The zero-order valence-electron chi connectivity index (χ0n) is 16.6. The molecular weight excluding hydrogens is 368 g/mol. The molecule has 1 saturated heterocycles. The fourth-order valence-corrected chi connectivity index (χ4v) is 3.85. The minimum atomic E-state index is -0.849. The summed E-state index contributed by atoms with van der Waals surface area (Å²) in [6, 6.07) is 16.0. The number of carboxylic acid groups (broad SMARTS) is 1. The van der Waals surface area contributed by atoms with Crippen LogP contribution < -0.4 is 0 Å². The molecule has 1 aliphatic rings. The first-order chi connectivity index (χ1) is 14.0. The van der Waals surface area contributed by atoms with Crippen molar-refractivity contribution in [3.8, 4) is 0 Å². The highest BCUT2D eigenvalue weighted by molar-refractivity contribution is 6.15. The van der Waals surface area contributed by atoms with Gasteiger partial charge in [-0.1, -0.05) is 48.5 Å². The first-order valence-electron chi connectivity index (χ1n) is 9.87. The monoisotopic (exact) mass is 394 g/mol. The molecule has 2 aromatic carbocycles. The average molecular weight is 394 g/mol. The Morgan fingerprint density at radius 1 is 0.966 bits per heavy atom. The number of ketones is 1. The second-order valence-corrected chi connectivity index (χ2v) is 7.43. The number of carboxylic acids is 1. The van der Waals surface area contributed by atoms with Gasteiger partial charge in [-0.15, -0.1) is 0 Å². The van der Waals surface area contributed by atoms with Crippen molar-refractivity contribution in [2.75, 3.05) is 26.7 Å². The molecule has 1 N–H and O–H groups in total. The van der Waals surface area contributed by atoms with Gasteiger partial charge in [-0.25, -0.2) is 0 Å². The third-order valence-electron chi connectivity index (χ3n) is 5.43. The normalized spacial score (nSPS) is 17.0. The van der Waals surface area contributed by atoms with Crippen LogP contribution in [-0.2, 0) is 4.79 Å². The molecule has 1 aliphatic heterocycles. The minimum absolute atomic E-state index is 0.00692. The molecule has 0 bridgehead atoms. The highest BCUT2D eigenvalue weighted by Gasteiger charge is 2.27. The van der Waals surface area contributed by atoms with E-state index < -0.39 is 5.97 Å². The van der Waals surface area contributed by atoms with Gasteiger partial charge >= 0.3 is 5.97 Å². The van der Waals surface area contributed by atoms with E-state index in [2.05, 4.69) is 0 Å². The predicted octanol–water partition coefficient (Wildman–Crippen LogP) is 2.93. The second-order valence-electron chi connectivity index (χ2n) is 7.43. The van der Waals surface area contributed by atoms with Crippen LogP contribution in [-0.4, -0.2) is 65.3 Å². The van der Waals surface area contributed by atoms with E-state index in [-0.39, 0.29) is 24.3 Å². The summed E-state index contributed by atoms with van der Waals surface area (Å²) in [7, 11) is 1.81. The summed E-state index contributed by atoms with van der Waals surface area (Å²) >= 11 is 0. The van der Waals surface area contributed by atoms with Gasteiger partial charge in [0.25, 0.3) is 5.91 Å². The quantitative estimate of drug-likeness (QED) is 0.763. The van der Waals surface area contributed by atoms with Gasteiger partial charge < -0.3 is 10.0 Å². The number of hydrogen-bond donors (Lipinski definition) is 1. The third-order valence-corrected chi connectivity index (χ3v) is 5.43. The number of benzene rings is 2. The molecule has 1 atom stereocenters. The van der Waals surface area contributed by atoms with Crippen molar-refractivity contribution in [1.82, 2.24) is 9.80 Å². The lowest BCUT2D eigenvalue weighted by molar-refractivity contribution is -0.138. The summed E-state index contributed by atoms with van der Waals surface area (Å²) in [5, 5.41) is 9.01. The van der Waals surface area contributed by atoms with Crippen LogP contribution in [0.2, 0.25) is 0 Å². The largest absolute Gasteiger partial charge is 0.480 e. The molecule has 1 amide bonds. The smallest absolute Gasteiger partial charge is 0.317 e. The van der Waals surface area contributed by atoms with Gasteiger partial charge in [0.2, 0.25) is 0 Å². The molecule has 3 rings (SSSR count). The second kappa shape index (κ2) is 9.47. The van der Waals surface area contributed by atoms with Gasteiger partial charge in [-0.2, -0.15) is 0 Å². The fourth-order valence-electron chi connectivity index (χ4n) is 3.85. The van der Waals surface area contributed by atoms with Crippen LogP contribution in [0, 0.1) is 0 Å².